The fourth-order valence-electron chi connectivity index (χ4n) is 2.36. The highest BCUT2D eigenvalue weighted by molar-refractivity contribution is 7.92. The highest BCUT2D eigenvalue weighted by atomic mass is 32.2. The first kappa shape index (κ1) is 18.9. The summed E-state index contributed by atoms with van der Waals surface area (Å²) < 4.78 is 38.0. The van der Waals surface area contributed by atoms with Crippen LogP contribution < -0.4 is 9.62 Å². The topological polar surface area (TPSA) is 66.5 Å². The van der Waals surface area contributed by atoms with Crippen LogP contribution in [0.4, 0.5) is 10.1 Å². The highest BCUT2D eigenvalue weighted by Crippen LogP contribution is 2.18. The zero-order chi connectivity index (χ0) is 18.6. The molecule has 0 radical (unpaired) electrons. The summed E-state index contributed by atoms with van der Waals surface area (Å²) in [5.74, 6) is -0.919. The predicted molar refractivity (Wildman–Crippen MR) is 96.3 cm³/mol. The first-order valence-corrected chi connectivity index (χ1v) is 9.61. The minimum Gasteiger partial charge on any atom is -0.348 e. The number of halogens is 1. The molecule has 0 saturated heterocycles. The standard InChI is InChI=1S/C18H21FN2O3S/c1-13-4-6-15(7-5-13)14(2)20-18(22)12-21(25(3,23)24)17-10-8-16(19)9-11-17/h4-11,14H,12H2,1-3H3,(H,20,22)/t14-/m1/s1. The molecule has 25 heavy (non-hydrogen) atoms. The van der Waals surface area contributed by atoms with Crippen molar-refractivity contribution < 1.29 is 17.6 Å². The van der Waals surface area contributed by atoms with E-state index in [1.807, 2.05) is 38.1 Å². The Morgan fingerprint density at radius 3 is 2.20 bits per heavy atom. The number of rotatable bonds is 6. The molecule has 1 atom stereocenters. The third kappa shape index (κ3) is 5.29. The minimum absolute atomic E-state index is 0.238. The molecule has 0 fully saturated rings. The van der Waals surface area contributed by atoms with Crippen molar-refractivity contribution in [2.45, 2.75) is 19.9 Å². The summed E-state index contributed by atoms with van der Waals surface area (Å²) >= 11 is 0. The quantitative estimate of drug-likeness (QED) is 0.857. The normalized spacial score (nSPS) is 12.5. The van der Waals surface area contributed by atoms with Crippen LogP contribution in [0.2, 0.25) is 0 Å². The molecule has 0 spiro atoms. The zero-order valence-electron chi connectivity index (χ0n) is 14.4. The van der Waals surface area contributed by atoms with Gasteiger partial charge in [0.25, 0.3) is 0 Å². The maximum absolute atomic E-state index is 13.0. The van der Waals surface area contributed by atoms with Crippen molar-refractivity contribution in [2.75, 3.05) is 17.1 Å². The fraction of sp³-hybridized carbons (Fsp3) is 0.278. The van der Waals surface area contributed by atoms with Crippen molar-refractivity contribution in [1.82, 2.24) is 5.32 Å². The van der Waals surface area contributed by atoms with Crippen molar-refractivity contribution in [3.05, 3.63) is 65.5 Å². The van der Waals surface area contributed by atoms with Gasteiger partial charge in [-0.25, -0.2) is 12.8 Å². The smallest absolute Gasteiger partial charge is 0.241 e. The Hall–Kier alpha value is -2.41. The molecule has 2 aromatic carbocycles. The number of nitrogens with zero attached hydrogens (tertiary/aromatic N) is 1. The molecule has 0 aromatic heterocycles. The van der Waals surface area contributed by atoms with Crippen molar-refractivity contribution in [1.29, 1.82) is 0 Å². The first-order chi connectivity index (χ1) is 11.7. The van der Waals surface area contributed by atoms with E-state index in [2.05, 4.69) is 5.32 Å². The van der Waals surface area contributed by atoms with E-state index in [1.165, 1.54) is 12.1 Å². The Kier molecular flexibility index (Phi) is 5.79. The molecular weight excluding hydrogens is 343 g/mol. The Labute approximate surface area is 147 Å². The van der Waals surface area contributed by atoms with Crippen molar-refractivity contribution in [2.24, 2.45) is 0 Å². The highest BCUT2D eigenvalue weighted by Gasteiger charge is 2.21. The van der Waals surface area contributed by atoms with E-state index < -0.39 is 21.7 Å². The van der Waals surface area contributed by atoms with Gasteiger partial charge in [-0.1, -0.05) is 29.8 Å². The number of nitrogens with one attached hydrogen (secondary N) is 1. The number of benzene rings is 2. The average Bonchev–Trinajstić information content (AvgIpc) is 2.53. The van der Waals surface area contributed by atoms with Gasteiger partial charge < -0.3 is 5.32 Å². The molecule has 134 valence electrons. The third-order valence-electron chi connectivity index (χ3n) is 3.76. The molecule has 0 saturated carbocycles. The molecule has 0 bridgehead atoms. The van der Waals surface area contributed by atoms with Gasteiger partial charge in [0, 0.05) is 0 Å². The van der Waals surface area contributed by atoms with E-state index in [-0.39, 0.29) is 18.3 Å². The van der Waals surface area contributed by atoms with E-state index in [4.69, 9.17) is 0 Å². The van der Waals surface area contributed by atoms with Crippen LogP contribution >= 0.6 is 0 Å². The summed E-state index contributed by atoms with van der Waals surface area (Å²) in [6.07, 6.45) is 1.01. The maximum Gasteiger partial charge on any atom is 0.241 e. The lowest BCUT2D eigenvalue weighted by molar-refractivity contribution is -0.120. The van der Waals surface area contributed by atoms with Crippen LogP contribution in [0.1, 0.15) is 24.1 Å². The lowest BCUT2D eigenvalue weighted by Crippen LogP contribution is -2.41. The van der Waals surface area contributed by atoms with Crippen LogP contribution in [0.15, 0.2) is 48.5 Å². The number of sulfonamides is 1. The summed E-state index contributed by atoms with van der Waals surface area (Å²) in [6, 6.07) is 12.4. The zero-order valence-corrected chi connectivity index (χ0v) is 15.2. The lowest BCUT2D eigenvalue weighted by atomic mass is 10.1. The molecule has 0 unspecified atom stereocenters. The second-order valence-corrected chi connectivity index (χ2v) is 7.85. The van der Waals surface area contributed by atoms with Crippen molar-refractivity contribution in [3.63, 3.8) is 0 Å². The Balaban J connectivity index is 2.12. The van der Waals surface area contributed by atoms with Crippen LogP contribution in [0.5, 0.6) is 0 Å². The molecular formula is C18H21FN2O3S. The number of carbonyl (C=O) groups excluding carboxylic acids is 1. The lowest BCUT2D eigenvalue weighted by Gasteiger charge is -2.23. The van der Waals surface area contributed by atoms with Gasteiger partial charge in [-0.3, -0.25) is 9.10 Å². The molecule has 1 amide bonds. The summed E-state index contributed by atoms with van der Waals surface area (Å²) in [7, 11) is -3.68. The first-order valence-electron chi connectivity index (χ1n) is 7.76. The molecule has 1 N–H and O–H groups in total. The van der Waals surface area contributed by atoms with Gasteiger partial charge in [0.1, 0.15) is 12.4 Å². The fourth-order valence-corrected chi connectivity index (χ4v) is 3.22. The van der Waals surface area contributed by atoms with Gasteiger partial charge in [0.15, 0.2) is 0 Å². The number of anilines is 1. The van der Waals surface area contributed by atoms with Crippen molar-refractivity contribution >= 4 is 21.6 Å². The van der Waals surface area contributed by atoms with Crippen molar-refractivity contribution in [3.8, 4) is 0 Å². The van der Waals surface area contributed by atoms with Crippen LogP contribution in [-0.2, 0) is 14.8 Å². The number of hydrogen-bond donors (Lipinski definition) is 1. The average molecular weight is 364 g/mol. The van der Waals surface area contributed by atoms with Crippen LogP contribution in [0.3, 0.4) is 0 Å². The van der Waals surface area contributed by atoms with Crippen LogP contribution in [-0.4, -0.2) is 27.1 Å². The van der Waals surface area contributed by atoms with Gasteiger partial charge in [0.05, 0.1) is 18.0 Å². The molecule has 0 aliphatic rings. The SMILES string of the molecule is Cc1ccc([C@@H](C)NC(=O)CN(c2ccc(F)cc2)S(C)(=O)=O)cc1. The number of amides is 1. The Bertz CT molecular complexity index is 834. The molecule has 0 heterocycles. The molecule has 0 aliphatic carbocycles. The summed E-state index contributed by atoms with van der Waals surface area (Å²) in [5, 5.41) is 2.78. The second kappa shape index (κ2) is 7.65. The Morgan fingerprint density at radius 1 is 1.12 bits per heavy atom. The maximum atomic E-state index is 13.0. The summed E-state index contributed by atoms with van der Waals surface area (Å²) in [5.41, 5.74) is 2.27. The second-order valence-electron chi connectivity index (χ2n) is 5.95. The molecule has 5 nitrogen and oxygen atoms in total. The summed E-state index contributed by atoms with van der Waals surface area (Å²) in [6.45, 7) is 3.42. The Morgan fingerprint density at radius 2 is 1.68 bits per heavy atom. The largest absolute Gasteiger partial charge is 0.348 e. The van der Waals surface area contributed by atoms with E-state index in [1.54, 1.807) is 0 Å². The van der Waals surface area contributed by atoms with E-state index >= 15 is 0 Å². The van der Waals surface area contributed by atoms with Gasteiger partial charge in [0.2, 0.25) is 15.9 Å². The van der Waals surface area contributed by atoms with E-state index in [0.717, 1.165) is 33.8 Å². The number of carbonyl (C=O) groups is 1. The number of hydrogen-bond acceptors (Lipinski definition) is 3. The van der Waals surface area contributed by atoms with Crippen LogP contribution in [0.25, 0.3) is 0 Å². The van der Waals surface area contributed by atoms with Crippen LogP contribution in [0, 0.1) is 12.7 Å². The van der Waals surface area contributed by atoms with Gasteiger partial charge in [-0.2, -0.15) is 0 Å². The van der Waals surface area contributed by atoms with Gasteiger partial charge in [-0.05, 0) is 43.7 Å². The predicted octanol–water partition coefficient (Wildman–Crippen LogP) is 2.78. The minimum atomic E-state index is -3.68. The summed E-state index contributed by atoms with van der Waals surface area (Å²) in [4.78, 5) is 12.3. The number of aryl methyl sites for hydroxylation is 1. The molecule has 2 aromatic rings. The third-order valence-corrected chi connectivity index (χ3v) is 4.90. The van der Waals surface area contributed by atoms with Gasteiger partial charge in [-0.15, -0.1) is 0 Å². The van der Waals surface area contributed by atoms with E-state index in [9.17, 15) is 17.6 Å². The van der Waals surface area contributed by atoms with Gasteiger partial charge >= 0.3 is 0 Å². The molecule has 7 heteroatoms. The van der Waals surface area contributed by atoms with E-state index in [0.29, 0.717) is 0 Å². The molecule has 2 rings (SSSR count). The monoisotopic (exact) mass is 364 g/mol. The molecule has 0 aliphatic heterocycles.